The number of anilines is 1. The maximum atomic E-state index is 12.8. The summed E-state index contributed by atoms with van der Waals surface area (Å²) in [6.45, 7) is 1.88. The predicted molar refractivity (Wildman–Crippen MR) is 80.4 cm³/mol. The maximum absolute atomic E-state index is 12.8. The fourth-order valence-electron chi connectivity index (χ4n) is 2.03. The van der Waals surface area contributed by atoms with Crippen molar-refractivity contribution in [3.63, 3.8) is 0 Å². The van der Waals surface area contributed by atoms with E-state index in [4.69, 9.17) is 0 Å². The van der Waals surface area contributed by atoms with Gasteiger partial charge in [0.15, 0.2) is 0 Å². The standard InChI is InChI=1S/C16H13FN4O/c1-11-18-8-9-21(11)15-7-6-14(10-19-15)20-16(22)12-2-4-13(17)5-3-12/h2-10H,1H3,(H,20,22). The van der Waals surface area contributed by atoms with Crippen LogP contribution in [0, 0.1) is 12.7 Å². The minimum absolute atomic E-state index is 0.312. The molecule has 2 aromatic heterocycles. The van der Waals surface area contributed by atoms with Gasteiger partial charge in [-0.1, -0.05) is 0 Å². The first-order chi connectivity index (χ1) is 10.6. The molecule has 0 atom stereocenters. The molecule has 22 heavy (non-hydrogen) atoms. The van der Waals surface area contributed by atoms with Gasteiger partial charge in [-0.2, -0.15) is 0 Å². The summed E-state index contributed by atoms with van der Waals surface area (Å²) in [5.41, 5.74) is 0.951. The molecule has 0 spiro atoms. The number of carbonyl (C=O) groups is 1. The Morgan fingerprint density at radius 3 is 2.50 bits per heavy atom. The van der Waals surface area contributed by atoms with Crippen LogP contribution >= 0.6 is 0 Å². The molecule has 5 nitrogen and oxygen atoms in total. The van der Waals surface area contributed by atoms with Crippen molar-refractivity contribution in [1.82, 2.24) is 14.5 Å². The van der Waals surface area contributed by atoms with Crippen molar-refractivity contribution < 1.29 is 9.18 Å². The Morgan fingerprint density at radius 2 is 1.91 bits per heavy atom. The molecule has 0 unspecified atom stereocenters. The van der Waals surface area contributed by atoms with Crippen molar-refractivity contribution >= 4 is 11.6 Å². The van der Waals surface area contributed by atoms with E-state index in [1.165, 1.54) is 24.3 Å². The van der Waals surface area contributed by atoms with E-state index in [2.05, 4.69) is 15.3 Å². The van der Waals surface area contributed by atoms with Crippen LogP contribution < -0.4 is 5.32 Å². The molecule has 1 amide bonds. The molecule has 2 heterocycles. The number of nitrogens with zero attached hydrogens (tertiary/aromatic N) is 3. The third-order valence-electron chi connectivity index (χ3n) is 3.18. The highest BCUT2D eigenvalue weighted by Crippen LogP contribution is 2.13. The van der Waals surface area contributed by atoms with Crippen molar-refractivity contribution in [3.05, 3.63) is 72.2 Å². The number of rotatable bonds is 3. The number of halogens is 1. The maximum Gasteiger partial charge on any atom is 0.255 e. The smallest absolute Gasteiger partial charge is 0.255 e. The van der Waals surface area contributed by atoms with Gasteiger partial charge in [-0.15, -0.1) is 0 Å². The molecule has 0 fully saturated rings. The van der Waals surface area contributed by atoms with Gasteiger partial charge < -0.3 is 5.32 Å². The monoisotopic (exact) mass is 296 g/mol. The summed E-state index contributed by atoms with van der Waals surface area (Å²) in [6, 6.07) is 8.90. The highest BCUT2D eigenvalue weighted by atomic mass is 19.1. The lowest BCUT2D eigenvalue weighted by atomic mass is 10.2. The summed E-state index contributed by atoms with van der Waals surface area (Å²) in [7, 11) is 0. The highest BCUT2D eigenvalue weighted by Gasteiger charge is 2.07. The number of benzene rings is 1. The molecule has 0 aliphatic heterocycles. The van der Waals surface area contributed by atoms with Crippen LogP contribution in [0.25, 0.3) is 5.82 Å². The average Bonchev–Trinajstić information content (AvgIpc) is 2.95. The fourth-order valence-corrected chi connectivity index (χ4v) is 2.03. The molecule has 3 aromatic rings. The van der Waals surface area contributed by atoms with Gasteiger partial charge in [0.1, 0.15) is 17.5 Å². The van der Waals surface area contributed by atoms with Crippen LogP contribution in [0.15, 0.2) is 55.0 Å². The Bertz CT molecular complexity index is 794. The van der Waals surface area contributed by atoms with Crippen molar-refractivity contribution in [2.45, 2.75) is 6.92 Å². The number of carbonyl (C=O) groups excluding carboxylic acids is 1. The summed E-state index contributed by atoms with van der Waals surface area (Å²) in [5, 5.41) is 2.72. The zero-order chi connectivity index (χ0) is 15.5. The van der Waals surface area contributed by atoms with Crippen LogP contribution in [0.5, 0.6) is 0 Å². The van der Waals surface area contributed by atoms with Gasteiger partial charge in [0.05, 0.1) is 11.9 Å². The fraction of sp³-hybridized carbons (Fsp3) is 0.0625. The predicted octanol–water partition coefficient (Wildman–Crippen LogP) is 2.97. The number of amides is 1. The number of imidazole rings is 1. The summed E-state index contributed by atoms with van der Waals surface area (Å²) in [5.74, 6) is 0.858. The number of aryl methyl sites for hydroxylation is 1. The van der Waals surface area contributed by atoms with Gasteiger partial charge in [-0.05, 0) is 43.3 Å². The quantitative estimate of drug-likeness (QED) is 0.808. The molecule has 1 aromatic carbocycles. The Kier molecular flexibility index (Phi) is 3.65. The SMILES string of the molecule is Cc1nccn1-c1ccc(NC(=O)c2ccc(F)cc2)cn1. The molecule has 0 aliphatic carbocycles. The van der Waals surface area contributed by atoms with Crippen molar-refractivity contribution in [2.75, 3.05) is 5.32 Å². The third kappa shape index (κ3) is 2.85. The number of hydrogen-bond acceptors (Lipinski definition) is 3. The van der Waals surface area contributed by atoms with Crippen LogP contribution in [0.4, 0.5) is 10.1 Å². The molecule has 3 rings (SSSR count). The molecule has 0 saturated carbocycles. The summed E-state index contributed by atoms with van der Waals surface area (Å²) >= 11 is 0. The van der Waals surface area contributed by atoms with Crippen LogP contribution in [0.1, 0.15) is 16.2 Å². The Morgan fingerprint density at radius 1 is 1.14 bits per heavy atom. The van der Waals surface area contributed by atoms with E-state index < -0.39 is 0 Å². The lowest BCUT2D eigenvalue weighted by Crippen LogP contribution is -2.12. The molecule has 1 N–H and O–H groups in total. The van der Waals surface area contributed by atoms with E-state index in [1.54, 1.807) is 24.5 Å². The summed E-state index contributed by atoms with van der Waals surface area (Å²) in [4.78, 5) is 20.4. The molecule has 0 saturated heterocycles. The van der Waals surface area contributed by atoms with Crippen molar-refractivity contribution in [2.24, 2.45) is 0 Å². The van der Waals surface area contributed by atoms with Gasteiger partial charge >= 0.3 is 0 Å². The number of hydrogen-bond donors (Lipinski definition) is 1. The van der Waals surface area contributed by atoms with E-state index in [9.17, 15) is 9.18 Å². The first-order valence-corrected chi connectivity index (χ1v) is 6.67. The second kappa shape index (κ2) is 5.77. The topological polar surface area (TPSA) is 59.8 Å². The van der Waals surface area contributed by atoms with Gasteiger partial charge in [0.2, 0.25) is 0 Å². The Labute approximate surface area is 126 Å². The molecule has 110 valence electrons. The van der Waals surface area contributed by atoms with E-state index in [0.717, 1.165) is 11.6 Å². The van der Waals surface area contributed by atoms with Gasteiger partial charge in [0.25, 0.3) is 5.91 Å². The molecule has 6 heteroatoms. The normalized spacial score (nSPS) is 10.5. The van der Waals surface area contributed by atoms with E-state index in [0.29, 0.717) is 11.3 Å². The molecule has 0 bridgehead atoms. The number of pyridine rings is 1. The second-order valence-electron chi connectivity index (χ2n) is 4.71. The van der Waals surface area contributed by atoms with E-state index in [-0.39, 0.29) is 11.7 Å². The van der Waals surface area contributed by atoms with Gasteiger partial charge in [-0.3, -0.25) is 9.36 Å². The first-order valence-electron chi connectivity index (χ1n) is 6.67. The van der Waals surface area contributed by atoms with Crippen LogP contribution in [0.2, 0.25) is 0 Å². The minimum Gasteiger partial charge on any atom is -0.321 e. The molecule has 0 radical (unpaired) electrons. The largest absolute Gasteiger partial charge is 0.321 e. The highest BCUT2D eigenvalue weighted by molar-refractivity contribution is 6.04. The molecular weight excluding hydrogens is 283 g/mol. The Hall–Kier alpha value is -3.02. The zero-order valence-electron chi connectivity index (χ0n) is 11.8. The van der Waals surface area contributed by atoms with Crippen LogP contribution in [-0.4, -0.2) is 20.4 Å². The van der Waals surface area contributed by atoms with Crippen molar-refractivity contribution in [3.8, 4) is 5.82 Å². The average molecular weight is 296 g/mol. The minimum atomic E-state index is -0.377. The van der Waals surface area contributed by atoms with Crippen molar-refractivity contribution in [1.29, 1.82) is 0 Å². The Balaban J connectivity index is 1.75. The lowest BCUT2D eigenvalue weighted by Gasteiger charge is -2.07. The lowest BCUT2D eigenvalue weighted by molar-refractivity contribution is 0.102. The van der Waals surface area contributed by atoms with E-state index in [1.807, 2.05) is 17.7 Å². The van der Waals surface area contributed by atoms with Gasteiger partial charge in [-0.25, -0.2) is 14.4 Å². The summed E-state index contributed by atoms with van der Waals surface area (Å²) in [6.07, 6.45) is 5.08. The third-order valence-corrected chi connectivity index (χ3v) is 3.18. The van der Waals surface area contributed by atoms with E-state index >= 15 is 0 Å². The van der Waals surface area contributed by atoms with Crippen LogP contribution in [0.3, 0.4) is 0 Å². The second-order valence-corrected chi connectivity index (χ2v) is 4.71. The number of aromatic nitrogens is 3. The zero-order valence-corrected chi connectivity index (χ0v) is 11.8. The first kappa shape index (κ1) is 13.9. The van der Waals surface area contributed by atoms with Crippen LogP contribution in [-0.2, 0) is 0 Å². The molecule has 0 aliphatic rings. The summed E-state index contributed by atoms with van der Waals surface area (Å²) < 4.78 is 14.7. The van der Waals surface area contributed by atoms with Gasteiger partial charge in [0, 0.05) is 18.0 Å². The number of nitrogens with one attached hydrogen (secondary N) is 1. The molecular formula is C16H13FN4O.